The maximum absolute atomic E-state index is 12.8. The largest absolute Gasteiger partial charge is 0.381 e. The van der Waals surface area contributed by atoms with E-state index in [-0.39, 0.29) is 18.3 Å². The monoisotopic (exact) mass is 342 g/mol. The second kappa shape index (κ2) is 8.66. The first-order chi connectivity index (χ1) is 10.8. The molecular formula is C16H27ClN4O2. The lowest BCUT2D eigenvalue weighted by atomic mass is 9.87. The van der Waals surface area contributed by atoms with Crippen molar-refractivity contribution in [2.75, 3.05) is 32.8 Å². The predicted molar refractivity (Wildman–Crippen MR) is 90.7 cm³/mol. The van der Waals surface area contributed by atoms with Gasteiger partial charge in [-0.05, 0) is 57.2 Å². The Morgan fingerprint density at radius 2 is 2.09 bits per heavy atom. The van der Waals surface area contributed by atoms with Crippen molar-refractivity contribution in [3.63, 3.8) is 0 Å². The summed E-state index contributed by atoms with van der Waals surface area (Å²) in [5.41, 5.74) is -0.523. The number of rotatable bonds is 5. The van der Waals surface area contributed by atoms with Gasteiger partial charge in [-0.15, -0.1) is 12.4 Å². The third kappa shape index (κ3) is 4.25. The lowest BCUT2D eigenvalue weighted by Crippen LogP contribution is -2.54. The fraction of sp³-hybridized carbons (Fsp3) is 0.750. The molecule has 3 heterocycles. The minimum Gasteiger partial charge on any atom is -0.381 e. The van der Waals surface area contributed by atoms with Crippen molar-refractivity contribution in [1.82, 2.24) is 20.4 Å². The van der Waals surface area contributed by atoms with Crippen LogP contribution in [-0.2, 0) is 15.1 Å². The van der Waals surface area contributed by atoms with Gasteiger partial charge in [0.2, 0.25) is 5.91 Å². The van der Waals surface area contributed by atoms with Crippen LogP contribution in [0.5, 0.6) is 0 Å². The summed E-state index contributed by atoms with van der Waals surface area (Å²) >= 11 is 0. The quantitative estimate of drug-likeness (QED) is 0.846. The second-order valence-corrected chi connectivity index (χ2v) is 6.33. The maximum Gasteiger partial charge on any atom is 0.248 e. The molecule has 2 fully saturated rings. The minimum atomic E-state index is -0.523. The molecule has 0 radical (unpaired) electrons. The highest BCUT2D eigenvalue weighted by Crippen LogP contribution is 2.27. The number of piperidine rings is 1. The third-order valence-corrected chi connectivity index (χ3v) is 4.98. The smallest absolute Gasteiger partial charge is 0.248 e. The summed E-state index contributed by atoms with van der Waals surface area (Å²) in [5.74, 6) is 0.799. The van der Waals surface area contributed by atoms with Gasteiger partial charge in [0.15, 0.2) is 0 Å². The first-order valence-corrected chi connectivity index (χ1v) is 8.38. The number of carbonyl (C=O) groups excluding carboxylic acids is 1. The van der Waals surface area contributed by atoms with E-state index in [9.17, 15) is 4.79 Å². The van der Waals surface area contributed by atoms with Gasteiger partial charge in [-0.25, -0.2) is 0 Å². The van der Waals surface area contributed by atoms with Crippen molar-refractivity contribution in [3.05, 3.63) is 18.5 Å². The average molecular weight is 343 g/mol. The Morgan fingerprint density at radius 1 is 1.35 bits per heavy atom. The van der Waals surface area contributed by atoms with Crippen molar-refractivity contribution in [2.24, 2.45) is 5.92 Å². The fourth-order valence-corrected chi connectivity index (χ4v) is 3.51. The molecule has 2 aliphatic heterocycles. The number of hydrogen-bond donors (Lipinski definition) is 2. The summed E-state index contributed by atoms with van der Waals surface area (Å²) in [6, 6.07) is 1.89. The van der Waals surface area contributed by atoms with E-state index in [1.165, 1.54) is 0 Å². The van der Waals surface area contributed by atoms with Crippen LogP contribution in [0.1, 0.15) is 32.1 Å². The Morgan fingerprint density at radius 3 is 2.74 bits per heavy atom. The average Bonchev–Trinajstić information content (AvgIpc) is 3.11. The van der Waals surface area contributed by atoms with Crippen molar-refractivity contribution in [2.45, 2.75) is 37.6 Å². The zero-order valence-electron chi connectivity index (χ0n) is 13.5. The van der Waals surface area contributed by atoms with Gasteiger partial charge in [-0.1, -0.05) is 0 Å². The van der Waals surface area contributed by atoms with Crippen molar-refractivity contribution >= 4 is 18.3 Å². The van der Waals surface area contributed by atoms with E-state index in [0.717, 1.165) is 65.0 Å². The molecule has 7 heteroatoms. The Kier molecular flexibility index (Phi) is 6.87. The highest BCUT2D eigenvalue weighted by atomic mass is 35.5. The molecule has 0 aliphatic carbocycles. The van der Waals surface area contributed by atoms with Gasteiger partial charge in [-0.2, -0.15) is 5.10 Å². The molecule has 1 amide bonds. The molecule has 130 valence electrons. The van der Waals surface area contributed by atoms with Crippen LogP contribution in [-0.4, -0.2) is 48.5 Å². The number of hydrogen-bond acceptors (Lipinski definition) is 4. The summed E-state index contributed by atoms with van der Waals surface area (Å²) in [4.78, 5) is 12.8. The van der Waals surface area contributed by atoms with Crippen molar-refractivity contribution < 1.29 is 9.53 Å². The predicted octanol–water partition coefficient (Wildman–Crippen LogP) is 1.32. The SMILES string of the molecule is Cl.O=C(NCCC1CCOCC1)C1(n2cccn2)CCNCC1. The molecular weight excluding hydrogens is 316 g/mol. The summed E-state index contributed by atoms with van der Waals surface area (Å²) < 4.78 is 7.23. The van der Waals surface area contributed by atoms with Gasteiger partial charge in [0.05, 0.1) is 0 Å². The summed E-state index contributed by atoms with van der Waals surface area (Å²) in [6.07, 6.45) is 8.51. The number of amides is 1. The second-order valence-electron chi connectivity index (χ2n) is 6.33. The molecule has 3 rings (SSSR count). The van der Waals surface area contributed by atoms with Crippen LogP contribution in [0.2, 0.25) is 0 Å². The molecule has 0 atom stereocenters. The molecule has 2 saturated heterocycles. The molecule has 0 bridgehead atoms. The van der Waals surface area contributed by atoms with E-state index in [0.29, 0.717) is 5.92 Å². The number of ether oxygens (including phenoxy) is 1. The van der Waals surface area contributed by atoms with E-state index < -0.39 is 5.54 Å². The van der Waals surface area contributed by atoms with Crippen LogP contribution >= 0.6 is 12.4 Å². The molecule has 0 saturated carbocycles. The van der Waals surface area contributed by atoms with Gasteiger partial charge in [-0.3, -0.25) is 9.48 Å². The maximum atomic E-state index is 12.8. The Bertz CT molecular complexity index is 468. The Balaban J connectivity index is 0.00000192. The Labute approximate surface area is 143 Å². The minimum absolute atomic E-state index is 0. The van der Waals surface area contributed by atoms with Gasteiger partial charge >= 0.3 is 0 Å². The summed E-state index contributed by atoms with van der Waals surface area (Å²) in [7, 11) is 0. The molecule has 0 unspecified atom stereocenters. The topological polar surface area (TPSA) is 68.2 Å². The number of nitrogens with zero attached hydrogens (tertiary/aromatic N) is 2. The van der Waals surface area contributed by atoms with Crippen LogP contribution in [0.15, 0.2) is 18.5 Å². The molecule has 1 aromatic rings. The number of nitrogens with one attached hydrogen (secondary N) is 2. The molecule has 23 heavy (non-hydrogen) atoms. The normalized spacial score (nSPS) is 21.4. The van der Waals surface area contributed by atoms with E-state index >= 15 is 0 Å². The van der Waals surface area contributed by atoms with Crippen LogP contribution < -0.4 is 10.6 Å². The highest BCUT2D eigenvalue weighted by molar-refractivity contribution is 5.85. The van der Waals surface area contributed by atoms with E-state index in [1.807, 2.05) is 16.9 Å². The van der Waals surface area contributed by atoms with Crippen LogP contribution in [0.4, 0.5) is 0 Å². The standard InChI is InChI=1S/C16H26N4O2.ClH/c21-15(18-8-2-14-3-12-22-13-4-14)16(5-9-17-10-6-16)20-11-1-7-19-20;/h1,7,11,14,17H,2-6,8-10,12-13H2,(H,18,21);1H. The molecule has 2 N–H and O–H groups in total. The van der Waals surface area contributed by atoms with E-state index in [4.69, 9.17) is 4.74 Å². The highest BCUT2D eigenvalue weighted by Gasteiger charge is 2.41. The fourth-order valence-electron chi connectivity index (χ4n) is 3.51. The molecule has 2 aliphatic rings. The van der Waals surface area contributed by atoms with E-state index in [1.54, 1.807) is 6.20 Å². The van der Waals surface area contributed by atoms with Gasteiger partial charge in [0.1, 0.15) is 5.54 Å². The molecule has 1 aromatic heterocycles. The first-order valence-electron chi connectivity index (χ1n) is 8.38. The lowest BCUT2D eigenvalue weighted by Gasteiger charge is -2.36. The van der Waals surface area contributed by atoms with Gasteiger partial charge < -0.3 is 15.4 Å². The van der Waals surface area contributed by atoms with Crippen LogP contribution in [0, 0.1) is 5.92 Å². The first kappa shape index (κ1) is 18.2. The Hall–Kier alpha value is -1.11. The van der Waals surface area contributed by atoms with Crippen LogP contribution in [0.3, 0.4) is 0 Å². The number of carbonyl (C=O) groups is 1. The summed E-state index contributed by atoms with van der Waals surface area (Å²) in [5, 5.41) is 10.8. The van der Waals surface area contributed by atoms with Crippen molar-refractivity contribution in [3.8, 4) is 0 Å². The zero-order chi connectivity index (χ0) is 15.3. The summed E-state index contributed by atoms with van der Waals surface area (Å²) in [6.45, 7) is 4.18. The van der Waals surface area contributed by atoms with Gasteiger partial charge in [0.25, 0.3) is 0 Å². The lowest BCUT2D eigenvalue weighted by molar-refractivity contribution is -0.132. The molecule has 0 spiro atoms. The van der Waals surface area contributed by atoms with Crippen LogP contribution in [0.25, 0.3) is 0 Å². The van der Waals surface area contributed by atoms with Crippen molar-refractivity contribution in [1.29, 1.82) is 0 Å². The molecule has 0 aromatic carbocycles. The molecule has 6 nitrogen and oxygen atoms in total. The van der Waals surface area contributed by atoms with Gasteiger partial charge in [0, 0.05) is 32.2 Å². The zero-order valence-corrected chi connectivity index (χ0v) is 14.3. The van der Waals surface area contributed by atoms with E-state index in [2.05, 4.69) is 15.7 Å². The number of halogens is 1. The number of aromatic nitrogens is 2. The third-order valence-electron chi connectivity index (χ3n) is 4.98.